The molecule has 1 aromatic heterocycles. The average Bonchev–Trinajstić information content (AvgIpc) is 3.29. The monoisotopic (exact) mass is 513 g/mol. The fourth-order valence-electron chi connectivity index (χ4n) is 5.83. The molecule has 0 radical (unpaired) electrons. The fourth-order valence-corrected chi connectivity index (χ4v) is 5.83. The lowest BCUT2D eigenvalue weighted by atomic mass is 9.76. The van der Waals surface area contributed by atoms with Crippen molar-refractivity contribution >= 4 is 11.7 Å². The van der Waals surface area contributed by atoms with Gasteiger partial charge >= 0.3 is 0 Å². The van der Waals surface area contributed by atoms with Gasteiger partial charge in [-0.15, -0.1) is 10.2 Å². The Bertz CT molecular complexity index is 1090. The van der Waals surface area contributed by atoms with E-state index in [1.165, 1.54) is 24.5 Å². The quantitative estimate of drug-likeness (QED) is 0.515. The standard InChI is InChI=1S/C27H40FN7O2/c1-6-35(19(4)5)26(36)21-13-20(28)7-8-23(21)37-25-24(30-17-31-32-25)33-12-10-27(14-33)15-34(16-27)22(9-11-29)18(2)3/h7-8,13,17-19,22H,6,9-12,14-16,29H2,1-5H3/t22-/m1/s1. The van der Waals surface area contributed by atoms with Gasteiger partial charge in [-0.2, -0.15) is 0 Å². The maximum Gasteiger partial charge on any atom is 0.282 e. The van der Waals surface area contributed by atoms with Crippen LogP contribution in [0.2, 0.25) is 0 Å². The molecule has 0 bridgehead atoms. The smallest absolute Gasteiger partial charge is 0.282 e. The molecule has 1 atom stereocenters. The van der Waals surface area contributed by atoms with E-state index in [1.54, 1.807) is 4.90 Å². The second kappa shape index (κ2) is 11.3. The number of halogens is 1. The van der Waals surface area contributed by atoms with Gasteiger partial charge < -0.3 is 20.3 Å². The number of rotatable bonds is 10. The predicted molar refractivity (Wildman–Crippen MR) is 141 cm³/mol. The zero-order valence-electron chi connectivity index (χ0n) is 22.7. The summed E-state index contributed by atoms with van der Waals surface area (Å²) in [5, 5.41) is 8.13. The summed E-state index contributed by atoms with van der Waals surface area (Å²) in [6, 6.07) is 4.43. The maximum atomic E-state index is 14.2. The Morgan fingerprint density at radius 2 is 2.00 bits per heavy atom. The van der Waals surface area contributed by atoms with Gasteiger partial charge in [-0.05, 0) is 64.3 Å². The van der Waals surface area contributed by atoms with E-state index in [-0.39, 0.29) is 34.6 Å². The van der Waals surface area contributed by atoms with Crippen LogP contribution >= 0.6 is 0 Å². The predicted octanol–water partition coefficient (Wildman–Crippen LogP) is 3.56. The van der Waals surface area contributed by atoms with Gasteiger partial charge in [-0.3, -0.25) is 9.69 Å². The highest BCUT2D eigenvalue weighted by Crippen LogP contribution is 2.44. The van der Waals surface area contributed by atoms with Crippen molar-refractivity contribution in [2.45, 2.75) is 59.5 Å². The van der Waals surface area contributed by atoms with Crippen molar-refractivity contribution < 1.29 is 13.9 Å². The third-order valence-electron chi connectivity index (χ3n) is 7.69. The van der Waals surface area contributed by atoms with Crippen LogP contribution in [0.4, 0.5) is 10.2 Å². The number of amides is 1. The molecule has 9 nitrogen and oxygen atoms in total. The van der Waals surface area contributed by atoms with Gasteiger partial charge in [0.15, 0.2) is 5.82 Å². The molecule has 0 unspecified atom stereocenters. The lowest BCUT2D eigenvalue weighted by Gasteiger charge is -2.52. The molecule has 1 amide bonds. The van der Waals surface area contributed by atoms with Crippen molar-refractivity contribution in [3.63, 3.8) is 0 Å². The molecule has 2 N–H and O–H groups in total. The van der Waals surface area contributed by atoms with Crippen molar-refractivity contribution in [3.05, 3.63) is 35.9 Å². The molecule has 2 saturated heterocycles. The minimum Gasteiger partial charge on any atom is -0.434 e. The van der Waals surface area contributed by atoms with Crippen LogP contribution in [-0.4, -0.2) is 82.2 Å². The Morgan fingerprint density at radius 1 is 1.24 bits per heavy atom. The summed E-state index contributed by atoms with van der Waals surface area (Å²) in [6.45, 7) is 15.2. The number of benzene rings is 1. The molecule has 10 heteroatoms. The van der Waals surface area contributed by atoms with Gasteiger partial charge in [-0.1, -0.05) is 13.8 Å². The van der Waals surface area contributed by atoms with Gasteiger partial charge in [0.2, 0.25) is 0 Å². The molecule has 1 spiro atoms. The number of anilines is 1. The highest BCUT2D eigenvalue weighted by molar-refractivity contribution is 5.97. The highest BCUT2D eigenvalue weighted by Gasteiger charge is 2.50. The molecule has 4 rings (SSSR count). The van der Waals surface area contributed by atoms with Crippen LogP contribution in [0, 0.1) is 17.2 Å². The van der Waals surface area contributed by atoms with Crippen LogP contribution in [0.15, 0.2) is 24.5 Å². The zero-order valence-corrected chi connectivity index (χ0v) is 22.7. The first kappa shape index (κ1) is 27.2. The molecule has 3 heterocycles. The molecule has 0 saturated carbocycles. The van der Waals surface area contributed by atoms with Crippen molar-refractivity contribution in [3.8, 4) is 11.6 Å². The summed E-state index contributed by atoms with van der Waals surface area (Å²) in [4.78, 5) is 24.1. The van der Waals surface area contributed by atoms with E-state index in [9.17, 15) is 9.18 Å². The summed E-state index contributed by atoms with van der Waals surface area (Å²) < 4.78 is 20.3. The second-order valence-electron chi connectivity index (χ2n) is 11.0. The molecule has 37 heavy (non-hydrogen) atoms. The first-order valence-corrected chi connectivity index (χ1v) is 13.3. The molecule has 2 aliphatic rings. The summed E-state index contributed by atoms with van der Waals surface area (Å²) >= 11 is 0. The largest absolute Gasteiger partial charge is 0.434 e. The van der Waals surface area contributed by atoms with Gasteiger partial charge in [-0.25, -0.2) is 9.37 Å². The number of carbonyl (C=O) groups excluding carboxylic acids is 1. The molecule has 2 aromatic rings. The Balaban J connectivity index is 1.52. The highest BCUT2D eigenvalue weighted by atomic mass is 19.1. The normalized spacial score (nSPS) is 17.9. The third kappa shape index (κ3) is 5.70. The van der Waals surface area contributed by atoms with E-state index in [0.29, 0.717) is 30.9 Å². The van der Waals surface area contributed by atoms with E-state index in [4.69, 9.17) is 10.5 Å². The number of hydrogen-bond acceptors (Lipinski definition) is 8. The second-order valence-corrected chi connectivity index (χ2v) is 11.0. The maximum absolute atomic E-state index is 14.2. The SMILES string of the molecule is CCN(C(=O)c1cc(F)ccc1Oc1nncnc1N1CCC2(C1)CN([C@H](CCN)C(C)C)C2)C(C)C. The molecular weight excluding hydrogens is 473 g/mol. The molecule has 1 aromatic carbocycles. The van der Waals surface area contributed by atoms with Crippen molar-refractivity contribution in [2.24, 2.45) is 17.1 Å². The minimum absolute atomic E-state index is 0.0367. The molecule has 202 valence electrons. The Labute approximate surface area is 219 Å². The summed E-state index contributed by atoms with van der Waals surface area (Å²) in [5.74, 6) is 0.810. The number of carbonyl (C=O) groups is 1. The Hall–Kier alpha value is -2.85. The lowest BCUT2D eigenvalue weighted by Crippen LogP contribution is -2.62. The van der Waals surface area contributed by atoms with Gasteiger partial charge in [0, 0.05) is 50.2 Å². The van der Waals surface area contributed by atoms with E-state index in [2.05, 4.69) is 38.8 Å². The van der Waals surface area contributed by atoms with Gasteiger partial charge in [0.05, 0.1) is 5.56 Å². The van der Waals surface area contributed by atoms with Crippen LogP contribution in [-0.2, 0) is 0 Å². The number of aromatic nitrogens is 3. The number of likely N-dealkylation sites (tertiary alicyclic amines) is 1. The van der Waals surface area contributed by atoms with E-state index in [1.807, 2.05) is 20.8 Å². The van der Waals surface area contributed by atoms with Crippen LogP contribution in [0.25, 0.3) is 0 Å². The van der Waals surface area contributed by atoms with Crippen molar-refractivity contribution in [1.29, 1.82) is 0 Å². The first-order chi connectivity index (χ1) is 17.7. The van der Waals surface area contributed by atoms with Gasteiger partial charge in [0.1, 0.15) is 17.9 Å². The summed E-state index contributed by atoms with van der Waals surface area (Å²) in [6.07, 6.45) is 3.47. The van der Waals surface area contributed by atoms with Crippen LogP contribution in [0.1, 0.15) is 57.8 Å². The summed E-state index contributed by atoms with van der Waals surface area (Å²) in [7, 11) is 0. The minimum atomic E-state index is -0.502. The van der Waals surface area contributed by atoms with Crippen molar-refractivity contribution in [2.75, 3.05) is 44.2 Å². The molecule has 2 aliphatic heterocycles. The fraction of sp³-hybridized carbons (Fsp3) is 0.630. The van der Waals surface area contributed by atoms with Gasteiger partial charge in [0.25, 0.3) is 11.8 Å². The first-order valence-electron chi connectivity index (χ1n) is 13.3. The number of ether oxygens (including phenoxy) is 1. The lowest BCUT2D eigenvalue weighted by molar-refractivity contribution is -0.0325. The number of nitrogens with zero attached hydrogens (tertiary/aromatic N) is 6. The average molecular weight is 514 g/mol. The number of nitrogens with two attached hydrogens (primary N) is 1. The number of hydrogen-bond donors (Lipinski definition) is 1. The molecular formula is C27H40FN7O2. The van der Waals surface area contributed by atoms with Crippen LogP contribution < -0.4 is 15.4 Å². The zero-order chi connectivity index (χ0) is 26.7. The van der Waals surface area contributed by atoms with Crippen LogP contribution in [0.3, 0.4) is 0 Å². The van der Waals surface area contributed by atoms with E-state index >= 15 is 0 Å². The Morgan fingerprint density at radius 3 is 2.65 bits per heavy atom. The summed E-state index contributed by atoms with van der Waals surface area (Å²) in [5.41, 5.74) is 6.23. The third-order valence-corrected chi connectivity index (χ3v) is 7.69. The molecule has 0 aliphatic carbocycles. The molecule has 2 fully saturated rings. The van der Waals surface area contributed by atoms with Crippen molar-refractivity contribution in [1.82, 2.24) is 25.0 Å². The van der Waals surface area contributed by atoms with E-state index < -0.39 is 5.82 Å². The Kier molecular flexibility index (Phi) is 8.28. The topological polar surface area (TPSA) is 101 Å². The van der Waals surface area contributed by atoms with Crippen LogP contribution in [0.5, 0.6) is 11.6 Å². The van der Waals surface area contributed by atoms with E-state index in [0.717, 1.165) is 39.0 Å².